The summed E-state index contributed by atoms with van der Waals surface area (Å²) in [7, 11) is 1.88. The number of fused-ring (bicyclic) bond motifs is 1. The molecule has 3 aromatic rings. The largest absolute Gasteiger partial charge is 0.339 e. The number of hydrogen-bond acceptors (Lipinski definition) is 5. The van der Waals surface area contributed by atoms with Crippen LogP contribution in [-0.2, 0) is 17.9 Å². The lowest BCUT2D eigenvalue weighted by Crippen LogP contribution is -2.50. The number of aromatic nitrogens is 2. The number of H-pyrrole nitrogens is 1. The molecule has 1 aliphatic heterocycles. The van der Waals surface area contributed by atoms with Crippen LogP contribution in [0.25, 0.3) is 10.9 Å². The molecule has 0 aliphatic carbocycles. The molecule has 0 radical (unpaired) electrons. The van der Waals surface area contributed by atoms with Crippen LogP contribution in [0.1, 0.15) is 17.0 Å². The van der Waals surface area contributed by atoms with Gasteiger partial charge in [0.05, 0.1) is 24.0 Å². The number of aromatic amines is 1. The highest BCUT2D eigenvalue weighted by molar-refractivity contribution is 5.78. The minimum Gasteiger partial charge on any atom is -0.339 e. The Balaban J connectivity index is 1.28. The molecule has 2 heterocycles. The van der Waals surface area contributed by atoms with Crippen LogP contribution >= 0.6 is 0 Å². The van der Waals surface area contributed by atoms with Gasteiger partial charge in [-0.05, 0) is 31.7 Å². The third-order valence-corrected chi connectivity index (χ3v) is 5.70. The van der Waals surface area contributed by atoms with E-state index in [-0.39, 0.29) is 11.5 Å². The molecule has 1 saturated heterocycles. The second-order valence-electron chi connectivity index (χ2n) is 8.35. The van der Waals surface area contributed by atoms with Gasteiger partial charge in [0, 0.05) is 32.7 Å². The molecule has 162 valence electrons. The van der Waals surface area contributed by atoms with Crippen molar-refractivity contribution in [3.05, 3.63) is 75.8 Å². The van der Waals surface area contributed by atoms with Crippen LogP contribution in [0.4, 0.5) is 0 Å². The number of para-hydroxylation sites is 1. The standard InChI is InChI=1S/C24H29N5O2/c1-18-6-5-7-19(14-18)15-28-10-12-29(13-11-28)23(30)17-27(2)16-22-25-21-9-4-3-8-20(21)24(31)26-22/h3-9,14H,10-13,15-17H2,1-2H3,(H,25,26,31). The molecule has 1 N–H and O–H groups in total. The summed E-state index contributed by atoms with van der Waals surface area (Å²) in [5.74, 6) is 0.683. The summed E-state index contributed by atoms with van der Waals surface area (Å²) in [6.07, 6.45) is 0. The first kappa shape index (κ1) is 21.2. The molecule has 0 spiro atoms. The van der Waals surface area contributed by atoms with Gasteiger partial charge in [0.1, 0.15) is 5.82 Å². The maximum atomic E-state index is 12.8. The van der Waals surface area contributed by atoms with E-state index in [0.29, 0.717) is 29.8 Å². The highest BCUT2D eigenvalue weighted by Crippen LogP contribution is 2.11. The van der Waals surface area contributed by atoms with E-state index in [0.717, 1.165) is 32.7 Å². The summed E-state index contributed by atoms with van der Waals surface area (Å²) in [6.45, 7) is 6.98. The zero-order valence-electron chi connectivity index (χ0n) is 18.2. The summed E-state index contributed by atoms with van der Waals surface area (Å²) >= 11 is 0. The van der Waals surface area contributed by atoms with Gasteiger partial charge in [0.2, 0.25) is 5.91 Å². The fourth-order valence-electron chi connectivity index (χ4n) is 4.08. The maximum Gasteiger partial charge on any atom is 0.258 e. The first-order chi connectivity index (χ1) is 15.0. The van der Waals surface area contributed by atoms with Crippen LogP contribution in [0.5, 0.6) is 0 Å². The number of carbonyl (C=O) groups excluding carboxylic acids is 1. The molecular weight excluding hydrogens is 390 g/mol. The van der Waals surface area contributed by atoms with Gasteiger partial charge in [-0.2, -0.15) is 0 Å². The van der Waals surface area contributed by atoms with Crippen LogP contribution in [-0.4, -0.2) is 70.3 Å². The molecule has 0 saturated carbocycles. The van der Waals surface area contributed by atoms with Gasteiger partial charge < -0.3 is 9.88 Å². The molecule has 31 heavy (non-hydrogen) atoms. The summed E-state index contributed by atoms with van der Waals surface area (Å²) in [4.78, 5) is 38.6. The van der Waals surface area contributed by atoms with Crippen LogP contribution < -0.4 is 5.56 Å². The number of likely N-dealkylation sites (N-methyl/N-ethyl adjacent to an activating group) is 1. The second kappa shape index (κ2) is 9.41. The van der Waals surface area contributed by atoms with Crippen molar-refractivity contribution in [1.82, 2.24) is 24.7 Å². The van der Waals surface area contributed by atoms with E-state index in [1.807, 2.05) is 35.0 Å². The third-order valence-electron chi connectivity index (χ3n) is 5.70. The van der Waals surface area contributed by atoms with Crippen molar-refractivity contribution in [2.24, 2.45) is 0 Å². The summed E-state index contributed by atoms with van der Waals surface area (Å²) < 4.78 is 0. The lowest BCUT2D eigenvalue weighted by Gasteiger charge is -2.35. The molecule has 7 nitrogen and oxygen atoms in total. The van der Waals surface area contributed by atoms with Gasteiger partial charge in [-0.3, -0.25) is 19.4 Å². The Morgan fingerprint density at radius 3 is 2.65 bits per heavy atom. The van der Waals surface area contributed by atoms with Gasteiger partial charge in [0.15, 0.2) is 0 Å². The average Bonchev–Trinajstić information content (AvgIpc) is 2.74. The molecular formula is C24H29N5O2. The fourth-order valence-corrected chi connectivity index (χ4v) is 4.08. The van der Waals surface area contributed by atoms with Gasteiger partial charge in [-0.25, -0.2) is 4.98 Å². The number of hydrogen-bond donors (Lipinski definition) is 1. The highest BCUT2D eigenvalue weighted by atomic mass is 16.2. The third kappa shape index (κ3) is 5.37. The molecule has 0 atom stereocenters. The Labute approximate surface area is 182 Å². The van der Waals surface area contributed by atoms with E-state index in [9.17, 15) is 9.59 Å². The van der Waals surface area contributed by atoms with E-state index >= 15 is 0 Å². The van der Waals surface area contributed by atoms with Crippen molar-refractivity contribution >= 4 is 16.8 Å². The lowest BCUT2D eigenvalue weighted by atomic mass is 10.1. The Morgan fingerprint density at radius 2 is 1.87 bits per heavy atom. The quantitative estimate of drug-likeness (QED) is 0.662. The van der Waals surface area contributed by atoms with Gasteiger partial charge in [-0.15, -0.1) is 0 Å². The molecule has 0 bridgehead atoms. The number of aryl methyl sites for hydroxylation is 1. The zero-order valence-corrected chi connectivity index (χ0v) is 18.2. The normalized spacial score (nSPS) is 15.0. The summed E-state index contributed by atoms with van der Waals surface area (Å²) in [5.41, 5.74) is 3.11. The predicted octanol–water partition coefficient (Wildman–Crippen LogP) is 2.01. The van der Waals surface area contributed by atoms with Crippen molar-refractivity contribution in [2.75, 3.05) is 39.8 Å². The zero-order chi connectivity index (χ0) is 21.8. The summed E-state index contributed by atoms with van der Waals surface area (Å²) in [5, 5.41) is 0.577. The number of amides is 1. The Bertz CT molecular complexity index is 1120. The minimum absolute atomic E-state index is 0.112. The van der Waals surface area contributed by atoms with Crippen LogP contribution in [0.2, 0.25) is 0 Å². The first-order valence-electron chi connectivity index (χ1n) is 10.7. The number of nitrogens with one attached hydrogen (secondary N) is 1. The van der Waals surface area contributed by atoms with Crippen LogP contribution in [0, 0.1) is 6.92 Å². The van der Waals surface area contributed by atoms with Crippen molar-refractivity contribution in [3.8, 4) is 0 Å². The van der Waals surface area contributed by atoms with E-state index in [1.165, 1.54) is 11.1 Å². The number of rotatable bonds is 6. The summed E-state index contributed by atoms with van der Waals surface area (Å²) in [6, 6.07) is 15.9. The monoisotopic (exact) mass is 419 g/mol. The van der Waals surface area contributed by atoms with Crippen molar-refractivity contribution in [2.45, 2.75) is 20.0 Å². The smallest absolute Gasteiger partial charge is 0.258 e. The number of piperazine rings is 1. The van der Waals surface area contributed by atoms with Crippen molar-refractivity contribution in [1.29, 1.82) is 0 Å². The Kier molecular flexibility index (Phi) is 6.44. The molecule has 4 rings (SSSR count). The Hall–Kier alpha value is -3.03. The number of carbonyl (C=O) groups is 1. The van der Waals surface area contributed by atoms with E-state index in [4.69, 9.17) is 0 Å². The van der Waals surface area contributed by atoms with E-state index in [1.54, 1.807) is 6.07 Å². The number of nitrogens with zero attached hydrogens (tertiary/aromatic N) is 4. The molecule has 1 amide bonds. The molecule has 7 heteroatoms. The minimum atomic E-state index is -0.148. The first-order valence-corrected chi connectivity index (χ1v) is 10.7. The maximum absolute atomic E-state index is 12.8. The lowest BCUT2D eigenvalue weighted by molar-refractivity contribution is -0.134. The SMILES string of the molecule is Cc1cccc(CN2CCN(C(=O)CN(C)Cc3nc4ccccc4c(=O)[nH]3)CC2)c1. The second-order valence-corrected chi connectivity index (χ2v) is 8.35. The van der Waals surface area contributed by atoms with Crippen molar-refractivity contribution in [3.63, 3.8) is 0 Å². The van der Waals surface area contributed by atoms with Crippen LogP contribution in [0.15, 0.2) is 53.3 Å². The molecule has 1 fully saturated rings. The van der Waals surface area contributed by atoms with Crippen molar-refractivity contribution < 1.29 is 4.79 Å². The molecule has 0 unspecified atom stereocenters. The number of benzene rings is 2. The molecule has 1 aromatic heterocycles. The van der Waals surface area contributed by atoms with Gasteiger partial charge in [0.25, 0.3) is 5.56 Å². The van der Waals surface area contributed by atoms with Gasteiger partial charge >= 0.3 is 0 Å². The highest BCUT2D eigenvalue weighted by Gasteiger charge is 2.22. The Morgan fingerprint density at radius 1 is 1.10 bits per heavy atom. The fraction of sp³-hybridized carbons (Fsp3) is 0.375. The molecule has 2 aromatic carbocycles. The van der Waals surface area contributed by atoms with E-state index < -0.39 is 0 Å². The average molecular weight is 420 g/mol. The predicted molar refractivity (Wildman–Crippen MR) is 122 cm³/mol. The van der Waals surface area contributed by atoms with Crippen LogP contribution in [0.3, 0.4) is 0 Å². The van der Waals surface area contributed by atoms with E-state index in [2.05, 4.69) is 46.1 Å². The molecule has 1 aliphatic rings. The van der Waals surface area contributed by atoms with Gasteiger partial charge in [-0.1, -0.05) is 42.0 Å². The topological polar surface area (TPSA) is 72.5 Å².